The van der Waals surface area contributed by atoms with Crippen LogP contribution in [0.3, 0.4) is 0 Å². The van der Waals surface area contributed by atoms with Crippen LogP contribution in [0.1, 0.15) is 73.5 Å². The lowest BCUT2D eigenvalue weighted by Gasteiger charge is -2.18. The van der Waals surface area contributed by atoms with Gasteiger partial charge in [0.1, 0.15) is 6.61 Å². The lowest BCUT2D eigenvalue weighted by molar-refractivity contribution is 0.135. The van der Waals surface area contributed by atoms with Gasteiger partial charge in [-0.15, -0.1) is 0 Å². The first-order chi connectivity index (χ1) is 17.2. The Hall–Kier alpha value is -3.01. The van der Waals surface area contributed by atoms with Gasteiger partial charge in [-0.05, 0) is 54.0 Å². The van der Waals surface area contributed by atoms with E-state index in [1.165, 1.54) is 0 Å². The van der Waals surface area contributed by atoms with Gasteiger partial charge < -0.3 is 15.8 Å². The molecule has 8 nitrogen and oxygen atoms in total. The average Bonchev–Trinajstić information content (AvgIpc) is 3.66. The number of fused-ring (bicyclic) bond motifs is 3. The normalized spacial score (nSPS) is 19.4. The number of amides is 1. The molecule has 2 atom stereocenters. The number of nitrogens with zero attached hydrogens (tertiary/aromatic N) is 1. The number of nitrogens with two attached hydrogens (primary N) is 1. The maximum absolute atomic E-state index is 13.4. The molecule has 2 aliphatic rings. The third-order valence-corrected chi connectivity index (χ3v) is 8.25. The summed E-state index contributed by atoms with van der Waals surface area (Å²) in [7, 11) is -3.80. The zero-order valence-electron chi connectivity index (χ0n) is 20.5. The highest BCUT2D eigenvalue weighted by Crippen LogP contribution is 2.46. The van der Waals surface area contributed by atoms with Gasteiger partial charge in [-0.1, -0.05) is 44.2 Å². The number of rotatable bonds is 8. The number of carbonyl (C=O) groups excluding carboxylic acids is 1. The molecule has 9 heteroatoms. The first-order valence-corrected chi connectivity index (χ1v) is 13.9. The third-order valence-electron chi connectivity index (χ3n) is 6.79. The van der Waals surface area contributed by atoms with E-state index >= 15 is 0 Å². The summed E-state index contributed by atoms with van der Waals surface area (Å²) in [6.45, 7) is 4.38. The number of sulfonamides is 1. The highest BCUT2D eigenvalue weighted by Gasteiger charge is 2.35. The number of hydrogen-bond acceptors (Lipinski definition) is 6. The summed E-state index contributed by atoms with van der Waals surface area (Å²) in [5.41, 5.74) is 9.84. The predicted octanol–water partition coefficient (Wildman–Crippen LogP) is 4.42. The van der Waals surface area contributed by atoms with Gasteiger partial charge in [0.2, 0.25) is 10.0 Å². The number of benzene rings is 2. The molecule has 0 radical (unpaired) electrons. The van der Waals surface area contributed by atoms with Crippen molar-refractivity contribution in [3.63, 3.8) is 0 Å². The van der Waals surface area contributed by atoms with E-state index in [4.69, 9.17) is 10.5 Å². The van der Waals surface area contributed by atoms with Crippen LogP contribution in [-0.2, 0) is 21.4 Å². The molecule has 2 aliphatic carbocycles. The molecule has 2 aromatic carbocycles. The Kier molecular flexibility index (Phi) is 6.72. The summed E-state index contributed by atoms with van der Waals surface area (Å²) in [6, 6.07) is 12.2. The minimum atomic E-state index is -3.80. The molecule has 0 saturated heterocycles. The molecule has 5 rings (SSSR count). The quantitative estimate of drug-likeness (QED) is 0.414. The summed E-state index contributed by atoms with van der Waals surface area (Å²) in [5, 5.41) is 4.24. The molecule has 3 aromatic rings. The van der Waals surface area contributed by atoms with Gasteiger partial charge in [-0.2, -0.15) is 0 Å². The number of carbonyl (C=O) groups is 1. The Balaban J connectivity index is 1.50. The fourth-order valence-corrected chi connectivity index (χ4v) is 6.21. The van der Waals surface area contributed by atoms with E-state index in [2.05, 4.69) is 15.0 Å². The van der Waals surface area contributed by atoms with E-state index in [1.54, 1.807) is 12.3 Å². The van der Waals surface area contributed by atoms with E-state index in [1.807, 2.05) is 50.2 Å². The summed E-state index contributed by atoms with van der Waals surface area (Å²) >= 11 is 0. The van der Waals surface area contributed by atoms with Crippen molar-refractivity contribution in [1.29, 1.82) is 0 Å². The van der Waals surface area contributed by atoms with Crippen molar-refractivity contribution in [3.05, 3.63) is 71.0 Å². The molecule has 0 unspecified atom stereocenters. The van der Waals surface area contributed by atoms with E-state index < -0.39 is 22.2 Å². The van der Waals surface area contributed by atoms with Crippen molar-refractivity contribution in [1.82, 2.24) is 15.0 Å². The van der Waals surface area contributed by atoms with Crippen LogP contribution in [0.15, 0.2) is 53.6 Å². The minimum Gasteiger partial charge on any atom is -0.445 e. The lowest BCUT2D eigenvalue weighted by Crippen LogP contribution is -2.29. The maximum Gasteiger partial charge on any atom is 0.407 e. The second kappa shape index (κ2) is 9.80. The maximum atomic E-state index is 13.4. The molecule has 0 bridgehead atoms. The molecule has 1 fully saturated rings. The monoisotopic (exact) mass is 508 g/mol. The molecule has 0 aliphatic heterocycles. The van der Waals surface area contributed by atoms with Crippen LogP contribution in [0, 0.1) is 5.92 Å². The van der Waals surface area contributed by atoms with Gasteiger partial charge >= 0.3 is 6.09 Å². The largest absolute Gasteiger partial charge is 0.445 e. The van der Waals surface area contributed by atoms with Crippen LogP contribution in [0.2, 0.25) is 0 Å². The molecule has 1 amide bonds. The molecule has 190 valence electrons. The Labute approximate surface area is 211 Å². The van der Waals surface area contributed by atoms with E-state index in [0.29, 0.717) is 29.8 Å². The number of nitrogens with one attached hydrogen (secondary N) is 2. The topological polar surface area (TPSA) is 123 Å². The SMILES string of the molecule is CC(C)CNS(=O)(=O)c1cc2c(c3cnc(C4CC4)cc13)[C@H](N)C[C@H]2NC(=O)OCc1ccccc1. The first-order valence-electron chi connectivity index (χ1n) is 12.4. The van der Waals surface area contributed by atoms with Crippen LogP contribution >= 0.6 is 0 Å². The number of alkyl carbamates (subject to hydrolysis) is 1. The number of aromatic nitrogens is 1. The minimum absolute atomic E-state index is 0.142. The van der Waals surface area contributed by atoms with Crippen molar-refractivity contribution in [2.24, 2.45) is 11.7 Å². The Morgan fingerprint density at radius 1 is 1.17 bits per heavy atom. The predicted molar refractivity (Wildman–Crippen MR) is 138 cm³/mol. The van der Waals surface area contributed by atoms with E-state index in [-0.39, 0.29) is 23.5 Å². The van der Waals surface area contributed by atoms with Crippen molar-refractivity contribution in [3.8, 4) is 0 Å². The van der Waals surface area contributed by atoms with Crippen LogP contribution in [0.4, 0.5) is 4.79 Å². The number of pyridine rings is 1. The fraction of sp³-hybridized carbons (Fsp3) is 0.407. The first kappa shape index (κ1) is 24.7. The van der Waals surface area contributed by atoms with Crippen molar-refractivity contribution < 1.29 is 17.9 Å². The average molecular weight is 509 g/mol. The van der Waals surface area contributed by atoms with Crippen molar-refractivity contribution in [2.45, 2.75) is 62.6 Å². The zero-order valence-corrected chi connectivity index (χ0v) is 21.3. The smallest absolute Gasteiger partial charge is 0.407 e. The van der Waals surface area contributed by atoms with Crippen LogP contribution < -0.4 is 15.8 Å². The molecular formula is C27H32N4O4S. The Bertz CT molecular complexity index is 1390. The van der Waals surface area contributed by atoms with Gasteiger partial charge in [0.15, 0.2) is 0 Å². The molecule has 0 spiro atoms. The molecule has 1 aromatic heterocycles. The molecule has 4 N–H and O–H groups in total. The molecule has 36 heavy (non-hydrogen) atoms. The fourth-order valence-electron chi connectivity index (χ4n) is 4.77. The highest BCUT2D eigenvalue weighted by molar-refractivity contribution is 7.89. The van der Waals surface area contributed by atoms with Gasteiger partial charge in [0, 0.05) is 41.2 Å². The van der Waals surface area contributed by atoms with Gasteiger partial charge in [0.25, 0.3) is 0 Å². The summed E-state index contributed by atoms with van der Waals surface area (Å²) in [4.78, 5) is 17.5. The summed E-state index contributed by atoms with van der Waals surface area (Å²) in [5.74, 6) is 0.538. The second-order valence-corrected chi connectivity index (χ2v) is 11.9. The number of hydrogen-bond donors (Lipinski definition) is 3. The van der Waals surface area contributed by atoms with Crippen molar-refractivity contribution >= 4 is 26.9 Å². The van der Waals surface area contributed by atoms with E-state index in [0.717, 1.165) is 35.0 Å². The van der Waals surface area contributed by atoms with E-state index in [9.17, 15) is 13.2 Å². The van der Waals surface area contributed by atoms with Crippen LogP contribution in [-0.4, -0.2) is 26.0 Å². The van der Waals surface area contributed by atoms with Crippen LogP contribution in [0.5, 0.6) is 0 Å². The zero-order chi connectivity index (χ0) is 25.4. The second-order valence-electron chi connectivity index (χ2n) is 10.2. The lowest BCUT2D eigenvalue weighted by atomic mass is 9.99. The summed E-state index contributed by atoms with van der Waals surface area (Å²) in [6.07, 6.45) is 3.74. The Morgan fingerprint density at radius 3 is 2.61 bits per heavy atom. The van der Waals surface area contributed by atoms with Gasteiger partial charge in [-0.25, -0.2) is 17.9 Å². The third kappa shape index (κ3) is 5.09. The Morgan fingerprint density at radius 2 is 1.92 bits per heavy atom. The van der Waals surface area contributed by atoms with Crippen molar-refractivity contribution in [2.75, 3.05) is 6.54 Å². The highest BCUT2D eigenvalue weighted by atomic mass is 32.2. The molecular weight excluding hydrogens is 476 g/mol. The molecule has 1 saturated carbocycles. The van der Waals surface area contributed by atoms with Gasteiger partial charge in [-0.3, -0.25) is 4.98 Å². The number of ether oxygens (including phenoxy) is 1. The summed E-state index contributed by atoms with van der Waals surface area (Å²) < 4.78 is 35.0. The standard InChI is InChI=1S/C27H32N4O4S/c1-16(2)13-30-36(33,34)25-11-20-24(31-27(32)35-15-17-6-4-3-5-7-17)12-22(28)26(20)21-14-29-23(10-19(21)25)18-8-9-18/h3-7,10-11,14,16,18,22,24,30H,8-9,12-13,15,28H2,1-2H3,(H,31,32)/t22-,24-/m1/s1. The van der Waals surface area contributed by atoms with Gasteiger partial charge in [0.05, 0.1) is 10.9 Å². The van der Waals surface area contributed by atoms with Crippen LogP contribution in [0.25, 0.3) is 10.8 Å². The molecule has 1 heterocycles.